The van der Waals surface area contributed by atoms with E-state index in [0.717, 1.165) is 93.7 Å². The SMILES string of the molecule is CC(C=O)CCN1CCN(c2ncc(Oc3cc(CN4CCC5CC5CC4)cc(-c4cc(Cl)cc(Cl)c4)n3)cn2)CC1. The largest absolute Gasteiger partial charge is 0.436 e. The van der Waals surface area contributed by atoms with Crippen molar-refractivity contribution in [1.82, 2.24) is 24.8 Å². The maximum Gasteiger partial charge on any atom is 0.225 e. The van der Waals surface area contributed by atoms with Crippen molar-refractivity contribution in [2.45, 2.75) is 39.2 Å². The molecular weight excluding hydrogens is 571 g/mol. The Labute approximate surface area is 258 Å². The molecular formula is C32H38Cl2N6O2. The van der Waals surface area contributed by atoms with Crippen LogP contribution >= 0.6 is 23.2 Å². The molecule has 6 rings (SSSR count). The van der Waals surface area contributed by atoms with Crippen LogP contribution in [-0.4, -0.2) is 76.9 Å². The quantitative estimate of drug-likeness (QED) is 0.251. The van der Waals surface area contributed by atoms with Crippen LogP contribution in [0, 0.1) is 17.8 Å². The lowest BCUT2D eigenvalue weighted by Crippen LogP contribution is -2.47. The second-order valence-electron chi connectivity index (χ2n) is 12.0. The summed E-state index contributed by atoms with van der Waals surface area (Å²) in [5.74, 6) is 3.69. The Kier molecular flexibility index (Phi) is 9.24. The zero-order valence-electron chi connectivity index (χ0n) is 24.1. The number of fused-ring (bicyclic) bond motifs is 1. The number of aromatic nitrogens is 3. The van der Waals surface area contributed by atoms with Gasteiger partial charge < -0.3 is 14.4 Å². The first kappa shape index (κ1) is 29.3. The fourth-order valence-corrected chi connectivity index (χ4v) is 6.59. The Balaban J connectivity index is 1.14. The minimum atomic E-state index is 0.105. The molecule has 1 aromatic carbocycles. The average molecular weight is 610 g/mol. The lowest BCUT2D eigenvalue weighted by Gasteiger charge is -2.34. The number of aldehydes is 1. The minimum absolute atomic E-state index is 0.105. The molecule has 3 aliphatic rings. The number of likely N-dealkylation sites (tertiary alicyclic amines) is 1. The summed E-state index contributed by atoms with van der Waals surface area (Å²) in [6, 6.07) is 9.61. The van der Waals surface area contributed by atoms with Crippen LogP contribution in [0.1, 0.15) is 38.2 Å². The first-order valence-corrected chi connectivity index (χ1v) is 15.8. The number of piperazine rings is 1. The molecule has 222 valence electrons. The Morgan fingerprint density at radius 1 is 0.929 bits per heavy atom. The van der Waals surface area contributed by atoms with E-state index in [0.29, 0.717) is 27.6 Å². The molecule has 3 aromatic rings. The molecule has 8 nitrogen and oxygen atoms in total. The van der Waals surface area contributed by atoms with E-state index in [2.05, 4.69) is 30.7 Å². The Morgan fingerprint density at radius 3 is 2.29 bits per heavy atom. The summed E-state index contributed by atoms with van der Waals surface area (Å²) in [5, 5.41) is 1.14. The number of pyridine rings is 1. The highest BCUT2D eigenvalue weighted by atomic mass is 35.5. The van der Waals surface area contributed by atoms with Gasteiger partial charge in [0.05, 0.1) is 18.1 Å². The molecule has 3 fully saturated rings. The number of ether oxygens (including phenoxy) is 1. The summed E-state index contributed by atoms with van der Waals surface area (Å²) >= 11 is 12.7. The summed E-state index contributed by atoms with van der Waals surface area (Å²) < 4.78 is 6.23. The van der Waals surface area contributed by atoms with Crippen LogP contribution in [0.2, 0.25) is 10.0 Å². The number of nitrogens with zero attached hydrogens (tertiary/aromatic N) is 6. The summed E-state index contributed by atoms with van der Waals surface area (Å²) in [6.45, 7) is 9.56. The third-order valence-corrected chi connectivity index (χ3v) is 9.19. The van der Waals surface area contributed by atoms with Gasteiger partial charge in [0.15, 0.2) is 5.75 Å². The smallest absolute Gasteiger partial charge is 0.225 e. The fraction of sp³-hybridized carbons (Fsp3) is 0.500. The molecule has 42 heavy (non-hydrogen) atoms. The third kappa shape index (κ3) is 7.59. The van der Waals surface area contributed by atoms with Gasteiger partial charge in [-0.15, -0.1) is 0 Å². The number of halogens is 2. The van der Waals surface area contributed by atoms with Crippen molar-refractivity contribution in [1.29, 1.82) is 0 Å². The maximum absolute atomic E-state index is 10.9. The number of carbonyl (C=O) groups excluding carboxylic acids is 1. The van der Waals surface area contributed by atoms with Crippen molar-refractivity contribution in [3.8, 4) is 22.9 Å². The van der Waals surface area contributed by atoms with Crippen molar-refractivity contribution >= 4 is 35.4 Å². The van der Waals surface area contributed by atoms with E-state index < -0.39 is 0 Å². The molecule has 0 amide bonds. The van der Waals surface area contributed by atoms with Gasteiger partial charge in [-0.3, -0.25) is 9.80 Å². The van der Waals surface area contributed by atoms with Gasteiger partial charge in [0, 0.05) is 60.3 Å². The second-order valence-corrected chi connectivity index (χ2v) is 12.9. The standard InChI is InChI=1S/C32H38Cl2N6O2/c1-22(21-41)2-5-38-8-10-40(11-9-38)32-35-18-29(19-36-32)42-31-13-23(20-39-6-3-24-14-25(24)4-7-39)12-30(37-31)26-15-27(33)17-28(34)16-26/h12-13,15-19,21-22,24-25H,2-11,14,20H2,1H3. The van der Waals surface area contributed by atoms with Crippen molar-refractivity contribution < 1.29 is 9.53 Å². The number of anilines is 1. The van der Waals surface area contributed by atoms with Crippen LogP contribution < -0.4 is 9.64 Å². The number of carbonyl (C=O) groups is 1. The second kappa shape index (κ2) is 13.2. The molecule has 2 saturated heterocycles. The van der Waals surface area contributed by atoms with Crippen molar-refractivity contribution in [3.63, 3.8) is 0 Å². The van der Waals surface area contributed by atoms with Crippen LogP contribution in [0.4, 0.5) is 5.95 Å². The summed E-state index contributed by atoms with van der Waals surface area (Å²) in [6.07, 6.45) is 9.34. The lowest BCUT2D eigenvalue weighted by molar-refractivity contribution is -0.110. The normalized spacial score (nSPS) is 21.8. The highest BCUT2D eigenvalue weighted by molar-refractivity contribution is 6.35. The van der Waals surface area contributed by atoms with Gasteiger partial charge in [-0.2, -0.15) is 0 Å². The Morgan fingerprint density at radius 2 is 1.62 bits per heavy atom. The van der Waals surface area contributed by atoms with Crippen LogP contribution in [-0.2, 0) is 11.3 Å². The molecule has 4 heterocycles. The van der Waals surface area contributed by atoms with Crippen molar-refractivity contribution in [3.05, 3.63) is 58.3 Å². The molecule has 0 radical (unpaired) electrons. The maximum atomic E-state index is 10.9. The lowest BCUT2D eigenvalue weighted by atomic mass is 10.1. The summed E-state index contributed by atoms with van der Waals surface area (Å²) in [7, 11) is 0. The number of benzene rings is 1. The molecule has 10 heteroatoms. The number of hydrogen-bond donors (Lipinski definition) is 0. The van der Waals surface area contributed by atoms with E-state index >= 15 is 0 Å². The molecule has 2 aliphatic heterocycles. The highest BCUT2D eigenvalue weighted by Gasteiger charge is 2.38. The Bertz CT molecular complexity index is 1350. The van der Waals surface area contributed by atoms with E-state index in [1.165, 1.54) is 19.3 Å². The number of hydrogen-bond acceptors (Lipinski definition) is 8. The van der Waals surface area contributed by atoms with E-state index in [-0.39, 0.29) is 5.92 Å². The van der Waals surface area contributed by atoms with E-state index in [4.69, 9.17) is 32.9 Å². The summed E-state index contributed by atoms with van der Waals surface area (Å²) in [4.78, 5) is 32.1. The van der Waals surface area contributed by atoms with Crippen LogP contribution in [0.3, 0.4) is 0 Å². The molecule has 0 N–H and O–H groups in total. The molecule has 1 saturated carbocycles. The zero-order valence-corrected chi connectivity index (χ0v) is 25.6. The van der Waals surface area contributed by atoms with Gasteiger partial charge in [0.2, 0.25) is 11.8 Å². The van der Waals surface area contributed by atoms with E-state index in [1.54, 1.807) is 18.5 Å². The monoisotopic (exact) mass is 608 g/mol. The van der Waals surface area contributed by atoms with Crippen LogP contribution in [0.5, 0.6) is 11.6 Å². The predicted octanol–water partition coefficient (Wildman–Crippen LogP) is 6.22. The van der Waals surface area contributed by atoms with Crippen molar-refractivity contribution in [2.75, 3.05) is 50.7 Å². The molecule has 3 unspecified atom stereocenters. The number of rotatable bonds is 10. The topological polar surface area (TPSA) is 74.7 Å². The molecule has 2 aromatic heterocycles. The van der Waals surface area contributed by atoms with Crippen molar-refractivity contribution in [2.24, 2.45) is 17.8 Å². The first-order valence-electron chi connectivity index (χ1n) is 15.0. The molecule has 3 atom stereocenters. The van der Waals surface area contributed by atoms with Gasteiger partial charge in [0.25, 0.3) is 0 Å². The third-order valence-electron chi connectivity index (χ3n) is 8.75. The van der Waals surface area contributed by atoms with Gasteiger partial charge in [-0.25, -0.2) is 15.0 Å². The predicted molar refractivity (Wildman–Crippen MR) is 166 cm³/mol. The van der Waals surface area contributed by atoms with Gasteiger partial charge in [0.1, 0.15) is 6.29 Å². The first-order chi connectivity index (χ1) is 20.4. The fourth-order valence-electron chi connectivity index (χ4n) is 6.07. The van der Waals surface area contributed by atoms with Gasteiger partial charge in [-0.05, 0) is 87.0 Å². The zero-order chi connectivity index (χ0) is 29.1. The Hall–Kier alpha value is -2.78. The minimum Gasteiger partial charge on any atom is -0.436 e. The van der Waals surface area contributed by atoms with Crippen LogP contribution in [0.25, 0.3) is 11.3 Å². The average Bonchev–Trinajstić information content (AvgIpc) is 3.77. The molecule has 0 spiro atoms. The molecule has 0 bridgehead atoms. The van der Waals surface area contributed by atoms with E-state index in [1.807, 2.05) is 25.1 Å². The van der Waals surface area contributed by atoms with Gasteiger partial charge in [-0.1, -0.05) is 30.1 Å². The van der Waals surface area contributed by atoms with Gasteiger partial charge >= 0.3 is 0 Å². The summed E-state index contributed by atoms with van der Waals surface area (Å²) in [5.41, 5.74) is 2.75. The highest BCUT2D eigenvalue weighted by Crippen LogP contribution is 2.45. The molecule has 1 aliphatic carbocycles. The van der Waals surface area contributed by atoms with E-state index in [9.17, 15) is 4.79 Å². The van der Waals surface area contributed by atoms with Crippen LogP contribution in [0.15, 0.2) is 42.7 Å².